The van der Waals surface area contributed by atoms with E-state index in [1.807, 2.05) is 6.07 Å². The molecule has 2 aromatic carbocycles. The maximum absolute atomic E-state index is 13.2. The first-order chi connectivity index (χ1) is 9.67. The van der Waals surface area contributed by atoms with Crippen LogP contribution in [0.3, 0.4) is 0 Å². The normalized spacial score (nSPS) is 16.6. The molecule has 0 saturated carbocycles. The van der Waals surface area contributed by atoms with Gasteiger partial charge in [0.25, 0.3) is 0 Å². The SMILES string of the molecule is Cc1ccc2c(c1)C(Nc1ccc(F)cc1C#N)CC2. The summed E-state index contributed by atoms with van der Waals surface area (Å²) in [4.78, 5) is 0. The van der Waals surface area contributed by atoms with Crippen LogP contribution in [-0.4, -0.2) is 0 Å². The highest BCUT2D eigenvalue weighted by Gasteiger charge is 2.23. The average Bonchev–Trinajstić information content (AvgIpc) is 2.83. The largest absolute Gasteiger partial charge is 0.377 e. The number of nitrogens with one attached hydrogen (secondary N) is 1. The van der Waals surface area contributed by atoms with Gasteiger partial charge in [-0.15, -0.1) is 0 Å². The van der Waals surface area contributed by atoms with Crippen LogP contribution in [0.4, 0.5) is 10.1 Å². The van der Waals surface area contributed by atoms with Crippen molar-refractivity contribution >= 4 is 5.69 Å². The zero-order chi connectivity index (χ0) is 14.1. The third-order valence-electron chi connectivity index (χ3n) is 3.81. The van der Waals surface area contributed by atoms with Crippen molar-refractivity contribution in [2.24, 2.45) is 0 Å². The summed E-state index contributed by atoms with van der Waals surface area (Å²) >= 11 is 0. The van der Waals surface area contributed by atoms with E-state index in [4.69, 9.17) is 5.26 Å². The minimum absolute atomic E-state index is 0.197. The molecule has 0 saturated heterocycles. The molecular formula is C17H15FN2. The minimum Gasteiger partial charge on any atom is -0.377 e. The van der Waals surface area contributed by atoms with E-state index in [0.29, 0.717) is 11.3 Å². The standard InChI is InChI=1S/C17H15FN2/c1-11-2-3-12-4-6-17(15(12)8-11)20-16-7-5-14(18)9-13(16)10-19/h2-3,5,7-9,17,20H,4,6H2,1H3. The molecule has 0 fully saturated rings. The number of nitriles is 1. The Morgan fingerprint density at radius 2 is 2.10 bits per heavy atom. The third-order valence-corrected chi connectivity index (χ3v) is 3.81. The Kier molecular flexibility index (Phi) is 3.15. The lowest BCUT2D eigenvalue weighted by Crippen LogP contribution is -2.08. The Labute approximate surface area is 117 Å². The van der Waals surface area contributed by atoms with Crippen LogP contribution in [0.25, 0.3) is 0 Å². The highest BCUT2D eigenvalue weighted by Crippen LogP contribution is 2.35. The molecule has 1 aliphatic rings. The zero-order valence-corrected chi connectivity index (χ0v) is 11.3. The molecule has 2 aromatic rings. The van der Waals surface area contributed by atoms with Crippen LogP contribution in [0, 0.1) is 24.1 Å². The van der Waals surface area contributed by atoms with Crippen molar-refractivity contribution in [3.63, 3.8) is 0 Å². The smallest absolute Gasteiger partial charge is 0.124 e. The maximum Gasteiger partial charge on any atom is 0.124 e. The van der Waals surface area contributed by atoms with Crippen molar-refractivity contribution in [3.8, 4) is 6.07 Å². The Hall–Kier alpha value is -2.34. The summed E-state index contributed by atoms with van der Waals surface area (Å²) in [5, 5.41) is 12.5. The van der Waals surface area contributed by atoms with Gasteiger partial charge in [0.15, 0.2) is 0 Å². The van der Waals surface area contributed by atoms with E-state index < -0.39 is 0 Å². The summed E-state index contributed by atoms with van der Waals surface area (Å²) in [5.41, 5.74) is 4.93. The molecule has 100 valence electrons. The van der Waals surface area contributed by atoms with E-state index in [1.165, 1.54) is 28.8 Å². The molecule has 2 nitrogen and oxygen atoms in total. The van der Waals surface area contributed by atoms with Gasteiger partial charge in [0.05, 0.1) is 17.3 Å². The fourth-order valence-corrected chi connectivity index (χ4v) is 2.79. The van der Waals surface area contributed by atoms with Gasteiger partial charge in [-0.2, -0.15) is 5.26 Å². The molecule has 0 aromatic heterocycles. The van der Waals surface area contributed by atoms with Crippen molar-refractivity contribution in [2.75, 3.05) is 5.32 Å². The lowest BCUT2D eigenvalue weighted by molar-refractivity contribution is 0.627. The lowest BCUT2D eigenvalue weighted by Gasteiger charge is -2.17. The van der Waals surface area contributed by atoms with Gasteiger partial charge in [-0.3, -0.25) is 0 Å². The van der Waals surface area contributed by atoms with E-state index in [2.05, 4.69) is 30.4 Å². The van der Waals surface area contributed by atoms with Crippen molar-refractivity contribution in [1.29, 1.82) is 5.26 Å². The molecule has 0 amide bonds. The first kappa shape index (κ1) is 12.7. The molecule has 0 bridgehead atoms. The molecule has 0 aliphatic heterocycles. The van der Waals surface area contributed by atoms with Crippen LogP contribution >= 0.6 is 0 Å². The van der Waals surface area contributed by atoms with Gasteiger partial charge in [0, 0.05) is 0 Å². The summed E-state index contributed by atoms with van der Waals surface area (Å²) in [6.07, 6.45) is 2.04. The van der Waals surface area contributed by atoms with Gasteiger partial charge in [-0.05, 0) is 49.1 Å². The van der Waals surface area contributed by atoms with Crippen LogP contribution in [0.5, 0.6) is 0 Å². The topological polar surface area (TPSA) is 35.8 Å². The van der Waals surface area contributed by atoms with Crippen molar-refractivity contribution in [2.45, 2.75) is 25.8 Å². The Morgan fingerprint density at radius 3 is 2.90 bits per heavy atom. The molecule has 3 rings (SSSR count). The second-order valence-electron chi connectivity index (χ2n) is 5.24. The van der Waals surface area contributed by atoms with Gasteiger partial charge in [0.1, 0.15) is 11.9 Å². The Morgan fingerprint density at radius 1 is 1.25 bits per heavy atom. The molecule has 1 unspecified atom stereocenters. The number of aryl methyl sites for hydroxylation is 2. The van der Waals surface area contributed by atoms with Gasteiger partial charge in [-0.25, -0.2) is 4.39 Å². The molecule has 0 spiro atoms. The second kappa shape index (κ2) is 4.97. The number of hydrogen-bond acceptors (Lipinski definition) is 2. The highest BCUT2D eigenvalue weighted by molar-refractivity contribution is 5.59. The van der Waals surface area contributed by atoms with Crippen molar-refractivity contribution < 1.29 is 4.39 Å². The van der Waals surface area contributed by atoms with Gasteiger partial charge in [0.2, 0.25) is 0 Å². The van der Waals surface area contributed by atoms with E-state index >= 15 is 0 Å². The quantitative estimate of drug-likeness (QED) is 0.888. The number of halogens is 1. The summed E-state index contributed by atoms with van der Waals surface area (Å²) < 4.78 is 13.2. The first-order valence-corrected chi connectivity index (χ1v) is 6.73. The number of rotatable bonds is 2. The fourth-order valence-electron chi connectivity index (χ4n) is 2.79. The molecule has 0 heterocycles. The Bertz CT molecular complexity index is 701. The van der Waals surface area contributed by atoms with Crippen LogP contribution in [0.1, 0.15) is 34.7 Å². The third kappa shape index (κ3) is 2.25. The Balaban J connectivity index is 1.91. The van der Waals surface area contributed by atoms with Crippen LogP contribution in [-0.2, 0) is 6.42 Å². The number of fused-ring (bicyclic) bond motifs is 1. The summed E-state index contributed by atoms with van der Waals surface area (Å²) in [7, 11) is 0. The summed E-state index contributed by atoms with van der Waals surface area (Å²) in [6.45, 7) is 2.08. The van der Waals surface area contributed by atoms with Crippen LogP contribution in [0.2, 0.25) is 0 Å². The number of nitrogens with zero attached hydrogens (tertiary/aromatic N) is 1. The molecule has 1 atom stereocenters. The van der Waals surface area contributed by atoms with Gasteiger partial charge < -0.3 is 5.32 Å². The van der Waals surface area contributed by atoms with Crippen LogP contribution < -0.4 is 5.32 Å². The lowest BCUT2D eigenvalue weighted by atomic mass is 10.0. The van der Waals surface area contributed by atoms with Gasteiger partial charge in [-0.1, -0.05) is 23.8 Å². The number of hydrogen-bond donors (Lipinski definition) is 1. The fraction of sp³-hybridized carbons (Fsp3) is 0.235. The second-order valence-corrected chi connectivity index (χ2v) is 5.24. The first-order valence-electron chi connectivity index (χ1n) is 6.73. The van der Waals surface area contributed by atoms with E-state index in [-0.39, 0.29) is 11.9 Å². The average molecular weight is 266 g/mol. The van der Waals surface area contributed by atoms with Crippen molar-refractivity contribution in [3.05, 3.63) is 64.5 Å². The minimum atomic E-state index is -0.380. The molecule has 20 heavy (non-hydrogen) atoms. The molecule has 3 heteroatoms. The predicted octanol–water partition coefficient (Wildman–Crippen LogP) is 4.11. The zero-order valence-electron chi connectivity index (χ0n) is 11.3. The monoisotopic (exact) mass is 266 g/mol. The van der Waals surface area contributed by atoms with Gasteiger partial charge >= 0.3 is 0 Å². The number of benzene rings is 2. The molecule has 0 radical (unpaired) electrons. The summed E-state index contributed by atoms with van der Waals surface area (Å²) in [5.74, 6) is -0.380. The molecule has 1 aliphatic carbocycles. The molecular weight excluding hydrogens is 251 g/mol. The predicted molar refractivity (Wildman–Crippen MR) is 77.0 cm³/mol. The summed E-state index contributed by atoms with van der Waals surface area (Å²) in [6, 6.07) is 13.0. The van der Waals surface area contributed by atoms with Crippen LogP contribution in [0.15, 0.2) is 36.4 Å². The van der Waals surface area contributed by atoms with E-state index in [9.17, 15) is 4.39 Å². The highest BCUT2D eigenvalue weighted by atomic mass is 19.1. The maximum atomic E-state index is 13.2. The van der Waals surface area contributed by atoms with E-state index in [0.717, 1.165) is 12.8 Å². The van der Waals surface area contributed by atoms with E-state index in [1.54, 1.807) is 6.07 Å². The number of anilines is 1. The molecule has 1 N–H and O–H groups in total. The van der Waals surface area contributed by atoms with Crippen molar-refractivity contribution in [1.82, 2.24) is 0 Å².